The second-order valence-corrected chi connectivity index (χ2v) is 5.60. The smallest absolute Gasteiger partial charge is 0.348 e. The van der Waals surface area contributed by atoms with Crippen LogP contribution in [0.15, 0.2) is 6.33 Å². The predicted molar refractivity (Wildman–Crippen MR) is 83.5 cm³/mol. The third kappa shape index (κ3) is 3.51. The molecule has 0 saturated carbocycles. The van der Waals surface area contributed by atoms with Crippen LogP contribution in [-0.2, 0) is 9.53 Å². The minimum atomic E-state index is -0.828. The van der Waals surface area contributed by atoms with Crippen molar-refractivity contribution < 1.29 is 19.4 Å². The van der Waals surface area contributed by atoms with E-state index in [0.29, 0.717) is 35.1 Å². The Labute approximate surface area is 131 Å². The Hall–Kier alpha value is -2.22. The van der Waals surface area contributed by atoms with Gasteiger partial charge in [0, 0.05) is 13.0 Å². The third-order valence-corrected chi connectivity index (χ3v) is 4.23. The quantitative estimate of drug-likeness (QED) is 0.596. The molecule has 2 N–H and O–H groups in total. The molecule has 0 aliphatic carbocycles. The van der Waals surface area contributed by atoms with E-state index in [4.69, 9.17) is 9.84 Å². The molecule has 8 heteroatoms. The number of rotatable bonds is 7. The number of hydrogen-bond donors (Lipinski definition) is 2. The number of thiophene rings is 1. The Morgan fingerprint density at radius 2 is 2.18 bits per heavy atom. The highest BCUT2D eigenvalue weighted by molar-refractivity contribution is 7.20. The highest BCUT2D eigenvalue weighted by atomic mass is 32.1. The van der Waals surface area contributed by atoms with Gasteiger partial charge in [-0.1, -0.05) is 0 Å². The number of aromatic nitrogens is 2. The lowest BCUT2D eigenvalue weighted by Gasteiger charge is -2.06. The second kappa shape index (κ2) is 7.17. The van der Waals surface area contributed by atoms with Crippen LogP contribution in [0.25, 0.3) is 10.2 Å². The van der Waals surface area contributed by atoms with Crippen molar-refractivity contribution in [1.82, 2.24) is 9.97 Å². The van der Waals surface area contributed by atoms with Gasteiger partial charge < -0.3 is 15.2 Å². The van der Waals surface area contributed by atoms with Gasteiger partial charge in [-0.3, -0.25) is 4.79 Å². The van der Waals surface area contributed by atoms with Gasteiger partial charge in [0.25, 0.3) is 0 Å². The van der Waals surface area contributed by atoms with Gasteiger partial charge in [-0.05, 0) is 25.8 Å². The zero-order chi connectivity index (χ0) is 16.1. The van der Waals surface area contributed by atoms with Crippen LogP contribution in [0.4, 0.5) is 5.82 Å². The van der Waals surface area contributed by atoms with E-state index >= 15 is 0 Å². The van der Waals surface area contributed by atoms with Gasteiger partial charge in [-0.15, -0.1) is 11.3 Å². The summed E-state index contributed by atoms with van der Waals surface area (Å²) in [6.45, 7) is 4.40. The Morgan fingerprint density at radius 1 is 1.41 bits per heavy atom. The molecule has 2 rings (SSSR count). The molecule has 7 nitrogen and oxygen atoms in total. The van der Waals surface area contributed by atoms with Crippen LogP contribution in [0.3, 0.4) is 0 Å². The van der Waals surface area contributed by atoms with Gasteiger partial charge in [-0.2, -0.15) is 0 Å². The van der Waals surface area contributed by atoms with E-state index in [0.717, 1.165) is 10.9 Å². The predicted octanol–water partition coefficient (Wildman–Crippen LogP) is 2.45. The van der Waals surface area contributed by atoms with Crippen LogP contribution < -0.4 is 5.32 Å². The number of aryl methyl sites for hydroxylation is 1. The summed E-state index contributed by atoms with van der Waals surface area (Å²) in [4.78, 5) is 32.1. The molecule has 0 amide bonds. The summed E-state index contributed by atoms with van der Waals surface area (Å²) in [7, 11) is 0. The molecule has 0 aliphatic heterocycles. The number of hydrogen-bond acceptors (Lipinski definition) is 7. The van der Waals surface area contributed by atoms with Crippen LogP contribution in [0, 0.1) is 6.92 Å². The van der Waals surface area contributed by atoms with Crippen LogP contribution >= 0.6 is 11.3 Å². The Kier molecular flexibility index (Phi) is 5.26. The Morgan fingerprint density at radius 3 is 2.86 bits per heavy atom. The number of ether oxygens (including phenoxy) is 1. The molecule has 0 bridgehead atoms. The fraction of sp³-hybridized carbons (Fsp3) is 0.429. The molecule has 0 saturated heterocycles. The van der Waals surface area contributed by atoms with Gasteiger partial charge in [0.15, 0.2) is 0 Å². The number of nitrogens with one attached hydrogen (secondary N) is 1. The van der Waals surface area contributed by atoms with Crippen molar-refractivity contribution in [3.05, 3.63) is 16.8 Å². The fourth-order valence-corrected chi connectivity index (χ4v) is 3.09. The van der Waals surface area contributed by atoms with Gasteiger partial charge in [0.1, 0.15) is 21.9 Å². The normalized spacial score (nSPS) is 10.6. The molecule has 0 radical (unpaired) electrons. The molecule has 22 heavy (non-hydrogen) atoms. The van der Waals surface area contributed by atoms with E-state index in [1.807, 2.05) is 6.92 Å². The Balaban J connectivity index is 2.24. The summed E-state index contributed by atoms with van der Waals surface area (Å²) in [6, 6.07) is 0. The van der Waals surface area contributed by atoms with Crippen LogP contribution in [0.1, 0.15) is 35.0 Å². The Bertz CT molecular complexity index is 699. The van der Waals surface area contributed by atoms with E-state index in [1.165, 1.54) is 17.7 Å². The van der Waals surface area contributed by atoms with Crippen molar-refractivity contribution >= 4 is 39.3 Å². The summed E-state index contributed by atoms with van der Waals surface area (Å²) in [5, 5.41) is 12.5. The van der Waals surface area contributed by atoms with E-state index in [2.05, 4.69) is 15.3 Å². The summed E-state index contributed by atoms with van der Waals surface area (Å²) >= 11 is 1.27. The number of aliphatic carboxylic acids is 1. The topological polar surface area (TPSA) is 101 Å². The number of anilines is 1. The number of nitrogens with zero attached hydrogens (tertiary/aromatic N) is 2. The lowest BCUT2D eigenvalue weighted by Crippen LogP contribution is -2.07. The van der Waals surface area contributed by atoms with E-state index in [-0.39, 0.29) is 12.4 Å². The molecule has 0 spiro atoms. The first-order chi connectivity index (χ1) is 10.5. The maximum atomic E-state index is 11.9. The number of esters is 1. The highest BCUT2D eigenvalue weighted by Gasteiger charge is 2.19. The molecule has 0 aliphatic rings. The largest absolute Gasteiger partial charge is 0.481 e. The summed E-state index contributed by atoms with van der Waals surface area (Å²) in [5.74, 6) is -0.578. The molecule has 0 unspecified atom stereocenters. The van der Waals surface area contributed by atoms with E-state index in [9.17, 15) is 9.59 Å². The number of carboxylic acid groups (broad SMARTS) is 1. The molecular weight excluding hydrogens is 306 g/mol. The summed E-state index contributed by atoms with van der Waals surface area (Å²) in [5.41, 5.74) is 0.778. The number of carbonyl (C=O) groups excluding carboxylic acids is 1. The van der Waals surface area contributed by atoms with E-state index in [1.54, 1.807) is 6.92 Å². The van der Waals surface area contributed by atoms with Crippen molar-refractivity contribution in [2.45, 2.75) is 26.7 Å². The number of fused-ring (bicyclic) bond motifs is 1. The van der Waals surface area contributed by atoms with Crippen molar-refractivity contribution in [3.63, 3.8) is 0 Å². The molecule has 2 heterocycles. The van der Waals surface area contributed by atoms with Crippen molar-refractivity contribution in [2.75, 3.05) is 18.5 Å². The van der Waals surface area contributed by atoms with Gasteiger partial charge in [0.2, 0.25) is 0 Å². The highest BCUT2D eigenvalue weighted by Crippen LogP contribution is 2.33. The van der Waals surface area contributed by atoms with Crippen LogP contribution in [-0.4, -0.2) is 40.2 Å². The zero-order valence-electron chi connectivity index (χ0n) is 12.4. The van der Waals surface area contributed by atoms with E-state index < -0.39 is 5.97 Å². The molecule has 0 fully saturated rings. The van der Waals surface area contributed by atoms with Crippen LogP contribution in [0.2, 0.25) is 0 Å². The average molecular weight is 323 g/mol. The minimum absolute atomic E-state index is 0.0952. The lowest BCUT2D eigenvalue weighted by molar-refractivity contribution is -0.137. The van der Waals surface area contributed by atoms with Gasteiger partial charge in [-0.25, -0.2) is 14.8 Å². The third-order valence-electron chi connectivity index (χ3n) is 3.05. The van der Waals surface area contributed by atoms with Gasteiger partial charge >= 0.3 is 11.9 Å². The summed E-state index contributed by atoms with van der Waals surface area (Å²) < 4.78 is 5.04. The molecular formula is C14H17N3O4S. The second-order valence-electron chi connectivity index (χ2n) is 4.60. The monoisotopic (exact) mass is 323 g/mol. The standard InChI is InChI=1S/C14H17N3O4S/c1-3-21-14(20)11-8(2)10-12(15-6-4-5-9(18)19)16-7-17-13(10)22-11/h7H,3-6H2,1-2H3,(H,18,19)(H,15,16,17). The first-order valence-electron chi connectivity index (χ1n) is 6.91. The number of carbonyl (C=O) groups is 2. The fourth-order valence-electron chi connectivity index (χ4n) is 2.04. The van der Waals surface area contributed by atoms with Crippen molar-refractivity contribution in [3.8, 4) is 0 Å². The number of carboxylic acids is 1. The average Bonchev–Trinajstić information content (AvgIpc) is 2.82. The first kappa shape index (κ1) is 16.2. The SMILES string of the molecule is CCOC(=O)c1sc2ncnc(NCCCC(=O)O)c2c1C. The molecule has 0 aromatic carbocycles. The maximum Gasteiger partial charge on any atom is 0.348 e. The molecule has 118 valence electrons. The maximum absolute atomic E-state index is 11.9. The van der Waals surface area contributed by atoms with Crippen molar-refractivity contribution in [1.29, 1.82) is 0 Å². The first-order valence-corrected chi connectivity index (χ1v) is 7.73. The molecule has 2 aromatic heterocycles. The zero-order valence-corrected chi connectivity index (χ0v) is 13.2. The molecule has 2 aromatic rings. The van der Waals surface area contributed by atoms with Crippen LogP contribution in [0.5, 0.6) is 0 Å². The van der Waals surface area contributed by atoms with Gasteiger partial charge in [0.05, 0.1) is 12.0 Å². The summed E-state index contributed by atoms with van der Waals surface area (Å²) in [6.07, 6.45) is 2.01. The van der Waals surface area contributed by atoms with Crippen molar-refractivity contribution in [2.24, 2.45) is 0 Å². The minimum Gasteiger partial charge on any atom is -0.481 e. The molecule has 0 atom stereocenters. The lowest BCUT2D eigenvalue weighted by atomic mass is 10.2.